The quantitative estimate of drug-likeness (QED) is 0.770. The first-order chi connectivity index (χ1) is 8.10. The van der Waals surface area contributed by atoms with Gasteiger partial charge in [-0.2, -0.15) is 0 Å². The van der Waals surface area contributed by atoms with Crippen LogP contribution >= 0.6 is 0 Å². The fourth-order valence-electron chi connectivity index (χ4n) is 3.37. The van der Waals surface area contributed by atoms with Crippen molar-refractivity contribution >= 4 is 0 Å². The molecule has 1 N–H and O–H groups in total. The lowest BCUT2D eigenvalue weighted by Gasteiger charge is -2.43. The predicted octanol–water partition coefficient (Wildman–Crippen LogP) is 3.44. The zero-order valence-corrected chi connectivity index (χ0v) is 12.2. The molecule has 0 spiro atoms. The van der Waals surface area contributed by atoms with E-state index in [1.807, 2.05) is 0 Å². The van der Waals surface area contributed by atoms with Crippen molar-refractivity contribution in [2.24, 2.45) is 5.92 Å². The molecule has 3 unspecified atom stereocenters. The Hall–Kier alpha value is -0.0800. The maximum atomic E-state index is 9.94. The highest BCUT2D eigenvalue weighted by molar-refractivity contribution is 4.88. The monoisotopic (exact) mass is 241 g/mol. The summed E-state index contributed by atoms with van der Waals surface area (Å²) >= 11 is 0. The molecule has 1 saturated carbocycles. The average molecular weight is 241 g/mol. The van der Waals surface area contributed by atoms with Crippen LogP contribution in [0.25, 0.3) is 0 Å². The molecule has 0 radical (unpaired) electrons. The van der Waals surface area contributed by atoms with Gasteiger partial charge in [0.05, 0.1) is 6.10 Å². The molecule has 1 rings (SSSR count). The molecular weight excluding hydrogens is 210 g/mol. The third-order valence-corrected chi connectivity index (χ3v) is 4.16. The van der Waals surface area contributed by atoms with Crippen molar-refractivity contribution in [2.75, 3.05) is 6.54 Å². The Balaban J connectivity index is 2.70. The highest BCUT2D eigenvalue weighted by Gasteiger charge is 2.33. The van der Waals surface area contributed by atoms with Crippen LogP contribution in [-0.4, -0.2) is 34.7 Å². The Morgan fingerprint density at radius 1 is 1.18 bits per heavy atom. The van der Waals surface area contributed by atoms with Crippen molar-refractivity contribution in [3.05, 3.63) is 0 Å². The molecule has 102 valence electrons. The van der Waals surface area contributed by atoms with Crippen LogP contribution in [0.4, 0.5) is 0 Å². The number of nitrogens with zero attached hydrogens (tertiary/aromatic N) is 1. The smallest absolute Gasteiger partial charge is 0.0555 e. The minimum atomic E-state index is -0.0637. The van der Waals surface area contributed by atoms with E-state index in [-0.39, 0.29) is 6.10 Å². The second-order valence-corrected chi connectivity index (χ2v) is 5.91. The fourth-order valence-corrected chi connectivity index (χ4v) is 3.37. The normalized spacial score (nSPS) is 30.2. The van der Waals surface area contributed by atoms with E-state index in [0.717, 1.165) is 18.8 Å². The van der Waals surface area contributed by atoms with Crippen LogP contribution in [0.15, 0.2) is 0 Å². The zero-order valence-electron chi connectivity index (χ0n) is 12.2. The molecule has 2 nitrogen and oxygen atoms in total. The molecule has 0 saturated heterocycles. The van der Waals surface area contributed by atoms with Gasteiger partial charge in [0.25, 0.3) is 0 Å². The summed E-state index contributed by atoms with van der Waals surface area (Å²) in [5.74, 6) is 0.803. The van der Waals surface area contributed by atoms with Gasteiger partial charge in [0.15, 0.2) is 0 Å². The standard InChI is InChI=1S/C15H31NO/c1-5-7-13-8-9-14(17)11-15(13)16(10-6-2)12(3)4/h12-15,17H,5-11H2,1-4H3. The Labute approximate surface area is 107 Å². The van der Waals surface area contributed by atoms with Crippen molar-refractivity contribution < 1.29 is 5.11 Å². The first-order valence-electron chi connectivity index (χ1n) is 7.53. The molecular formula is C15H31NO. The van der Waals surface area contributed by atoms with Crippen LogP contribution in [0, 0.1) is 5.92 Å². The third kappa shape index (κ3) is 4.26. The topological polar surface area (TPSA) is 23.5 Å². The highest BCUT2D eigenvalue weighted by atomic mass is 16.3. The van der Waals surface area contributed by atoms with E-state index < -0.39 is 0 Å². The lowest BCUT2D eigenvalue weighted by molar-refractivity contribution is 0.0101. The molecule has 0 aliphatic heterocycles. The molecule has 1 fully saturated rings. The maximum absolute atomic E-state index is 9.94. The van der Waals surface area contributed by atoms with E-state index in [1.165, 1.54) is 32.2 Å². The van der Waals surface area contributed by atoms with E-state index in [2.05, 4.69) is 32.6 Å². The number of aliphatic hydroxyl groups is 1. The first kappa shape index (κ1) is 15.0. The minimum Gasteiger partial charge on any atom is -0.393 e. The van der Waals surface area contributed by atoms with Crippen molar-refractivity contribution in [3.8, 4) is 0 Å². The van der Waals surface area contributed by atoms with E-state index in [1.54, 1.807) is 0 Å². The van der Waals surface area contributed by atoms with Gasteiger partial charge in [-0.25, -0.2) is 0 Å². The maximum Gasteiger partial charge on any atom is 0.0555 e. The molecule has 0 aromatic carbocycles. The van der Waals surface area contributed by atoms with E-state index in [0.29, 0.717) is 12.1 Å². The lowest BCUT2D eigenvalue weighted by atomic mass is 9.79. The fraction of sp³-hybridized carbons (Fsp3) is 1.00. The Morgan fingerprint density at radius 3 is 2.41 bits per heavy atom. The second-order valence-electron chi connectivity index (χ2n) is 5.91. The number of rotatable bonds is 6. The van der Waals surface area contributed by atoms with Crippen molar-refractivity contribution in [3.63, 3.8) is 0 Å². The largest absolute Gasteiger partial charge is 0.393 e. The van der Waals surface area contributed by atoms with Gasteiger partial charge in [0.1, 0.15) is 0 Å². The van der Waals surface area contributed by atoms with Crippen molar-refractivity contribution in [1.82, 2.24) is 4.90 Å². The van der Waals surface area contributed by atoms with E-state index in [9.17, 15) is 5.11 Å². The first-order valence-corrected chi connectivity index (χ1v) is 7.53. The molecule has 0 bridgehead atoms. The Morgan fingerprint density at radius 2 is 1.88 bits per heavy atom. The van der Waals surface area contributed by atoms with Gasteiger partial charge >= 0.3 is 0 Å². The molecule has 3 atom stereocenters. The summed E-state index contributed by atoms with van der Waals surface area (Å²) in [5.41, 5.74) is 0. The summed E-state index contributed by atoms with van der Waals surface area (Å²) in [6.07, 6.45) is 6.96. The summed E-state index contributed by atoms with van der Waals surface area (Å²) < 4.78 is 0. The molecule has 0 aromatic heterocycles. The summed E-state index contributed by atoms with van der Waals surface area (Å²) in [4.78, 5) is 2.63. The van der Waals surface area contributed by atoms with Gasteiger partial charge in [-0.05, 0) is 58.4 Å². The summed E-state index contributed by atoms with van der Waals surface area (Å²) in [5, 5.41) is 9.94. The zero-order chi connectivity index (χ0) is 12.8. The molecule has 0 amide bonds. The van der Waals surface area contributed by atoms with Crippen LogP contribution < -0.4 is 0 Å². The summed E-state index contributed by atoms with van der Waals surface area (Å²) in [7, 11) is 0. The van der Waals surface area contributed by atoms with Crippen molar-refractivity contribution in [2.45, 2.75) is 84.4 Å². The lowest BCUT2D eigenvalue weighted by Crippen LogP contribution is -2.49. The Kier molecular flexibility index (Phi) is 6.50. The van der Waals surface area contributed by atoms with E-state index >= 15 is 0 Å². The second kappa shape index (κ2) is 7.38. The SMILES string of the molecule is CCCC1CCC(O)CC1N(CCC)C(C)C. The number of aliphatic hydroxyl groups excluding tert-OH is 1. The predicted molar refractivity (Wildman–Crippen MR) is 74.2 cm³/mol. The van der Waals surface area contributed by atoms with Crippen LogP contribution in [0.2, 0.25) is 0 Å². The minimum absolute atomic E-state index is 0.0637. The average Bonchev–Trinajstić information content (AvgIpc) is 2.28. The van der Waals surface area contributed by atoms with Crippen LogP contribution in [0.3, 0.4) is 0 Å². The van der Waals surface area contributed by atoms with Gasteiger partial charge in [-0.15, -0.1) is 0 Å². The highest BCUT2D eigenvalue weighted by Crippen LogP contribution is 2.33. The van der Waals surface area contributed by atoms with Crippen LogP contribution in [0.1, 0.15) is 66.2 Å². The molecule has 2 heteroatoms. The van der Waals surface area contributed by atoms with E-state index in [4.69, 9.17) is 0 Å². The molecule has 0 heterocycles. The summed E-state index contributed by atoms with van der Waals surface area (Å²) in [6, 6.07) is 1.21. The van der Waals surface area contributed by atoms with Gasteiger partial charge in [-0.3, -0.25) is 4.90 Å². The molecule has 0 aromatic rings. The Bertz CT molecular complexity index is 205. The van der Waals surface area contributed by atoms with Crippen LogP contribution in [-0.2, 0) is 0 Å². The van der Waals surface area contributed by atoms with Gasteiger partial charge in [0, 0.05) is 12.1 Å². The van der Waals surface area contributed by atoms with Gasteiger partial charge in [-0.1, -0.05) is 20.3 Å². The molecule has 1 aliphatic carbocycles. The number of hydrogen-bond acceptors (Lipinski definition) is 2. The van der Waals surface area contributed by atoms with Crippen molar-refractivity contribution in [1.29, 1.82) is 0 Å². The molecule has 17 heavy (non-hydrogen) atoms. The number of hydrogen-bond donors (Lipinski definition) is 1. The molecule has 1 aliphatic rings. The van der Waals surface area contributed by atoms with Gasteiger partial charge < -0.3 is 5.11 Å². The summed E-state index contributed by atoms with van der Waals surface area (Å²) in [6.45, 7) is 10.3. The van der Waals surface area contributed by atoms with Gasteiger partial charge in [0.2, 0.25) is 0 Å². The third-order valence-electron chi connectivity index (χ3n) is 4.16. The van der Waals surface area contributed by atoms with Crippen LogP contribution in [0.5, 0.6) is 0 Å².